The van der Waals surface area contributed by atoms with Gasteiger partial charge in [-0.2, -0.15) is 0 Å². The first-order valence-corrected chi connectivity index (χ1v) is 12.1. The summed E-state index contributed by atoms with van der Waals surface area (Å²) in [6.07, 6.45) is 1.40. The van der Waals surface area contributed by atoms with Crippen LogP contribution in [-0.4, -0.2) is 29.4 Å². The van der Waals surface area contributed by atoms with Crippen molar-refractivity contribution >= 4 is 34.5 Å². The smallest absolute Gasteiger partial charge is 0.286 e. The van der Waals surface area contributed by atoms with Crippen molar-refractivity contribution in [1.29, 1.82) is 0 Å². The minimum Gasteiger partial charge on any atom is -0.495 e. The van der Waals surface area contributed by atoms with Gasteiger partial charge in [0.2, 0.25) is 11.8 Å². The lowest BCUT2D eigenvalue weighted by Gasteiger charge is -2.32. The Morgan fingerprint density at radius 3 is 2.35 bits per heavy atom. The maximum Gasteiger partial charge on any atom is 0.286 e. The number of fused-ring (bicyclic) bond motifs is 1. The summed E-state index contributed by atoms with van der Waals surface area (Å²) in [6.45, 7) is 0.428. The summed E-state index contributed by atoms with van der Waals surface area (Å²) in [5.41, 5.74) is 6.02. The first-order valence-electron chi connectivity index (χ1n) is 11.2. The quantitative estimate of drug-likeness (QED) is 0.561. The summed E-state index contributed by atoms with van der Waals surface area (Å²) in [7, 11) is 1.60. The van der Waals surface area contributed by atoms with E-state index >= 15 is 0 Å². The number of ether oxygens (including phenoxy) is 1. The molecular weight excluding hydrogens is 448 g/mol. The van der Waals surface area contributed by atoms with Crippen LogP contribution in [0.5, 0.6) is 5.75 Å². The molecule has 3 amide bonds. The van der Waals surface area contributed by atoms with Crippen LogP contribution in [0.1, 0.15) is 23.1 Å². The molecule has 0 aromatic heterocycles. The standard InChI is InChI=1S/C27H24N2O4S/c1-33-22-13-11-20(15-23-26(31)28-27(32)34-23)21-12-14-24(30)29(25(21)22)16-17-7-9-19(10-8-17)18-5-3-2-4-6-18/h2-11,13,23H,12,14-16H2,1H3,(H,28,31,32). The molecule has 0 aliphatic carbocycles. The zero-order chi connectivity index (χ0) is 23.7. The van der Waals surface area contributed by atoms with Gasteiger partial charge >= 0.3 is 0 Å². The van der Waals surface area contributed by atoms with Crippen molar-refractivity contribution in [3.63, 3.8) is 0 Å². The van der Waals surface area contributed by atoms with Crippen LogP contribution in [0, 0.1) is 0 Å². The second kappa shape index (κ2) is 9.35. The van der Waals surface area contributed by atoms with Gasteiger partial charge in [-0.1, -0.05) is 72.4 Å². The molecule has 1 N–H and O–H groups in total. The maximum atomic E-state index is 13.0. The van der Waals surface area contributed by atoms with Crippen molar-refractivity contribution in [1.82, 2.24) is 5.32 Å². The van der Waals surface area contributed by atoms with Gasteiger partial charge in [-0.3, -0.25) is 19.7 Å². The highest BCUT2D eigenvalue weighted by molar-refractivity contribution is 8.15. The van der Waals surface area contributed by atoms with Crippen LogP contribution in [0.25, 0.3) is 11.1 Å². The van der Waals surface area contributed by atoms with Crippen LogP contribution in [0.15, 0.2) is 66.7 Å². The summed E-state index contributed by atoms with van der Waals surface area (Å²) in [6, 6.07) is 22.2. The number of anilines is 1. The van der Waals surface area contributed by atoms with Gasteiger partial charge in [-0.15, -0.1) is 0 Å². The molecule has 1 unspecified atom stereocenters. The Hall–Kier alpha value is -3.58. The Balaban J connectivity index is 1.45. The summed E-state index contributed by atoms with van der Waals surface area (Å²) >= 11 is 1.02. The van der Waals surface area contributed by atoms with E-state index in [2.05, 4.69) is 29.6 Å². The number of benzene rings is 3. The predicted molar refractivity (Wildman–Crippen MR) is 133 cm³/mol. The molecule has 0 radical (unpaired) electrons. The first-order chi connectivity index (χ1) is 16.5. The third-order valence-electron chi connectivity index (χ3n) is 6.30. The fraction of sp³-hybridized carbons (Fsp3) is 0.222. The number of carbonyl (C=O) groups is 3. The van der Waals surface area contributed by atoms with E-state index in [0.29, 0.717) is 31.6 Å². The fourth-order valence-corrected chi connectivity index (χ4v) is 5.44. The van der Waals surface area contributed by atoms with Gasteiger partial charge in [0, 0.05) is 6.42 Å². The number of nitrogens with one attached hydrogen (secondary N) is 1. The van der Waals surface area contributed by atoms with Crippen molar-refractivity contribution in [2.75, 3.05) is 12.0 Å². The lowest BCUT2D eigenvalue weighted by atomic mass is 9.92. The monoisotopic (exact) mass is 472 g/mol. The molecule has 2 aliphatic heterocycles. The molecule has 2 heterocycles. The van der Waals surface area contributed by atoms with E-state index in [9.17, 15) is 14.4 Å². The van der Waals surface area contributed by atoms with E-state index in [1.54, 1.807) is 12.0 Å². The number of hydrogen-bond donors (Lipinski definition) is 1. The van der Waals surface area contributed by atoms with E-state index in [1.165, 1.54) is 0 Å². The average Bonchev–Trinajstić information content (AvgIpc) is 3.18. The molecule has 1 saturated heterocycles. The van der Waals surface area contributed by atoms with Crippen LogP contribution in [0.4, 0.5) is 10.5 Å². The number of methoxy groups -OCH3 is 1. The molecule has 0 spiro atoms. The minimum atomic E-state index is -0.457. The Labute approximate surface area is 202 Å². The lowest BCUT2D eigenvalue weighted by Crippen LogP contribution is -2.35. The summed E-state index contributed by atoms with van der Waals surface area (Å²) in [5, 5.41) is 1.58. The number of imide groups is 1. The second-order valence-corrected chi connectivity index (χ2v) is 9.56. The predicted octanol–water partition coefficient (Wildman–Crippen LogP) is 4.74. The zero-order valence-electron chi connectivity index (χ0n) is 18.7. The zero-order valence-corrected chi connectivity index (χ0v) is 19.6. The number of nitrogens with zero attached hydrogens (tertiary/aromatic N) is 1. The van der Waals surface area contributed by atoms with E-state index in [1.807, 2.05) is 42.5 Å². The number of rotatable bonds is 6. The Bertz CT molecular complexity index is 1260. The molecule has 6 nitrogen and oxygen atoms in total. The molecule has 3 aromatic carbocycles. The molecule has 172 valence electrons. The third-order valence-corrected chi connectivity index (χ3v) is 7.28. The van der Waals surface area contributed by atoms with E-state index in [0.717, 1.165) is 45.3 Å². The van der Waals surface area contributed by atoms with Gasteiger partial charge in [0.05, 0.1) is 24.6 Å². The largest absolute Gasteiger partial charge is 0.495 e. The summed E-state index contributed by atoms with van der Waals surface area (Å²) in [5.74, 6) is 0.410. The summed E-state index contributed by atoms with van der Waals surface area (Å²) in [4.78, 5) is 38.5. The second-order valence-electron chi connectivity index (χ2n) is 8.38. The fourth-order valence-electron chi connectivity index (χ4n) is 4.59. The highest BCUT2D eigenvalue weighted by Crippen LogP contribution is 2.41. The van der Waals surface area contributed by atoms with Gasteiger partial charge < -0.3 is 9.64 Å². The van der Waals surface area contributed by atoms with Gasteiger partial charge in [0.1, 0.15) is 5.75 Å². The van der Waals surface area contributed by atoms with E-state index in [4.69, 9.17) is 4.74 Å². The molecule has 5 rings (SSSR count). The molecule has 0 saturated carbocycles. The molecule has 7 heteroatoms. The molecule has 1 atom stereocenters. The highest BCUT2D eigenvalue weighted by Gasteiger charge is 2.34. The molecule has 2 aliphatic rings. The number of amides is 3. The van der Waals surface area contributed by atoms with Crippen LogP contribution in [-0.2, 0) is 29.0 Å². The minimum absolute atomic E-state index is 0.0400. The van der Waals surface area contributed by atoms with Gasteiger partial charge in [0.25, 0.3) is 5.24 Å². The SMILES string of the molecule is COc1ccc(CC2SC(=O)NC2=O)c2c1N(Cc1ccc(-c3ccccc3)cc1)C(=O)CC2. The number of hydrogen-bond acceptors (Lipinski definition) is 5. The van der Waals surface area contributed by atoms with E-state index < -0.39 is 5.25 Å². The van der Waals surface area contributed by atoms with Crippen LogP contribution < -0.4 is 15.0 Å². The normalized spacial score (nSPS) is 17.5. The summed E-state index contributed by atoms with van der Waals surface area (Å²) < 4.78 is 5.64. The molecule has 0 bridgehead atoms. The van der Waals surface area contributed by atoms with Crippen molar-refractivity contribution in [3.05, 3.63) is 83.4 Å². The average molecular weight is 473 g/mol. The third kappa shape index (κ3) is 4.31. The lowest BCUT2D eigenvalue weighted by molar-refractivity contribution is -0.119. The molecular formula is C27H24N2O4S. The first kappa shape index (κ1) is 22.2. The van der Waals surface area contributed by atoms with E-state index in [-0.39, 0.29) is 17.1 Å². The van der Waals surface area contributed by atoms with Gasteiger partial charge in [0.15, 0.2) is 0 Å². The van der Waals surface area contributed by atoms with Crippen molar-refractivity contribution in [2.45, 2.75) is 31.1 Å². The van der Waals surface area contributed by atoms with Crippen molar-refractivity contribution in [3.8, 4) is 16.9 Å². The number of carbonyl (C=O) groups excluding carboxylic acids is 3. The van der Waals surface area contributed by atoms with Crippen LogP contribution >= 0.6 is 11.8 Å². The molecule has 3 aromatic rings. The Morgan fingerprint density at radius 1 is 0.941 bits per heavy atom. The topological polar surface area (TPSA) is 75.7 Å². The van der Waals surface area contributed by atoms with Crippen LogP contribution in [0.2, 0.25) is 0 Å². The van der Waals surface area contributed by atoms with Gasteiger partial charge in [-0.05, 0) is 46.7 Å². The van der Waals surface area contributed by atoms with Crippen LogP contribution in [0.3, 0.4) is 0 Å². The van der Waals surface area contributed by atoms with Crippen molar-refractivity contribution in [2.24, 2.45) is 0 Å². The van der Waals surface area contributed by atoms with Gasteiger partial charge in [-0.25, -0.2) is 0 Å². The van der Waals surface area contributed by atoms with Crippen molar-refractivity contribution < 1.29 is 19.1 Å². The Kier molecular flexibility index (Phi) is 6.11. The Morgan fingerprint density at radius 2 is 1.68 bits per heavy atom. The number of thioether (sulfide) groups is 1. The molecule has 34 heavy (non-hydrogen) atoms. The molecule has 1 fully saturated rings. The highest BCUT2D eigenvalue weighted by atomic mass is 32.2. The maximum absolute atomic E-state index is 13.0.